The molecule has 110 valence electrons. The Bertz CT molecular complexity index is 493. The summed E-state index contributed by atoms with van der Waals surface area (Å²) in [5, 5.41) is 6.50. The Hall–Kier alpha value is -1.10. The van der Waals surface area contributed by atoms with Crippen LogP contribution in [0.15, 0.2) is 18.2 Å². The third-order valence-electron chi connectivity index (χ3n) is 4.09. The predicted molar refractivity (Wildman–Crippen MR) is 80.1 cm³/mol. The van der Waals surface area contributed by atoms with E-state index in [1.165, 1.54) is 5.56 Å². The van der Waals surface area contributed by atoms with Gasteiger partial charge in [0.1, 0.15) is 0 Å². The van der Waals surface area contributed by atoms with Crippen LogP contribution in [0.5, 0.6) is 0 Å². The molecule has 3 rings (SSSR count). The average Bonchev–Trinajstić information content (AvgIpc) is 2.88. The molecule has 2 atom stereocenters. The van der Waals surface area contributed by atoms with E-state index in [1.54, 1.807) is 0 Å². The fourth-order valence-corrected chi connectivity index (χ4v) is 2.79. The van der Waals surface area contributed by atoms with E-state index in [1.807, 2.05) is 18.2 Å². The lowest BCUT2D eigenvalue weighted by Crippen LogP contribution is -2.48. The van der Waals surface area contributed by atoms with Crippen molar-refractivity contribution < 1.29 is 9.53 Å². The molecule has 4 nitrogen and oxygen atoms in total. The molecule has 2 aliphatic heterocycles. The van der Waals surface area contributed by atoms with Crippen LogP contribution >= 0.6 is 12.4 Å². The number of carbonyl (C=O) groups excluding carboxylic acids is 1. The van der Waals surface area contributed by atoms with Gasteiger partial charge >= 0.3 is 0 Å². The molecule has 2 aliphatic rings. The van der Waals surface area contributed by atoms with Gasteiger partial charge in [-0.3, -0.25) is 4.79 Å². The van der Waals surface area contributed by atoms with Gasteiger partial charge in [-0.25, -0.2) is 0 Å². The van der Waals surface area contributed by atoms with E-state index in [0.29, 0.717) is 19.1 Å². The van der Waals surface area contributed by atoms with E-state index in [0.717, 1.165) is 30.6 Å². The summed E-state index contributed by atoms with van der Waals surface area (Å²) in [5.41, 5.74) is 3.09. The Morgan fingerprint density at radius 2 is 2.15 bits per heavy atom. The largest absolute Gasteiger partial charge is 0.372 e. The highest BCUT2D eigenvalue weighted by molar-refractivity contribution is 5.94. The van der Waals surface area contributed by atoms with Gasteiger partial charge in [0, 0.05) is 11.6 Å². The molecule has 0 aromatic heterocycles. The minimum absolute atomic E-state index is 0. The molecule has 1 aromatic carbocycles. The zero-order valence-corrected chi connectivity index (χ0v) is 12.5. The van der Waals surface area contributed by atoms with E-state index in [2.05, 4.69) is 17.6 Å². The topological polar surface area (TPSA) is 50.4 Å². The summed E-state index contributed by atoms with van der Waals surface area (Å²) in [4.78, 5) is 12.3. The number of amides is 1. The van der Waals surface area contributed by atoms with Crippen LogP contribution in [0.2, 0.25) is 0 Å². The highest BCUT2D eigenvalue weighted by atomic mass is 35.5. The minimum atomic E-state index is 0. The first kappa shape index (κ1) is 15.3. The van der Waals surface area contributed by atoms with E-state index in [-0.39, 0.29) is 24.4 Å². The second-order valence-corrected chi connectivity index (χ2v) is 5.53. The van der Waals surface area contributed by atoms with Crippen molar-refractivity contribution in [2.24, 2.45) is 5.92 Å². The number of piperidine rings is 1. The molecule has 0 bridgehead atoms. The summed E-state index contributed by atoms with van der Waals surface area (Å²) in [6.07, 6.45) is 1.00. The Morgan fingerprint density at radius 1 is 1.35 bits per heavy atom. The van der Waals surface area contributed by atoms with Crippen molar-refractivity contribution >= 4 is 18.3 Å². The quantitative estimate of drug-likeness (QED) is 0.876. The van der Waals surface area contributed by atoms with Crippen molar-refractivity contribution in [1.29, 1.82) is 0 Å². The van der Waals surface area contributed by atoms with Crippen molar-refractivity contribution in [2.45, 2.75) is 32.6 Å². The van der Waals surface area contributed by atoms with Crippen molar-refractivity contribution in [2.75, 3.05) is 13.1 Å². The van der Waals surface area contributed by atoms with Crippen molar-refractivity contribution in [3.63, 3.8) is 0 Å². The molecule has 20 heavy (non-hydrogen) atoms. The second kappa shape index (κ2) is 6.57. The SMILES string of the molecule is CC1CNCCC1NC(=O)c1ccc2c(c1)COC2.Cl. The molecule has 2 heterocycles. The summed E-state index contributed by atoms with van der Waals surface area (Å²) in [5.74, 6) is 0.518. The minimum Gasteiger partial charge on any atom is -0.372 e. The summed E-state index contributed by atoms with van der Waals surface area (Å²) in [7, 11) is 0. The number of benzene rings is 1. The Morgan fingerprint density at radius 3 is 2.95 bits per heavy atom. The third kappa shape index (κ3) is 3.14. The molecule has 0 spiro atoms. The first-order chi connectivity index (χ1) is 9.24. The number of carbonyl (C=O) groups is 1. The fourth-order valence-electron chi connectivity index (χ4n) is 2.79. The smallest absolute Gasteiger partial charge is 0.251 e. The number of ether oxygens (including phenoxy) is 1. The van der Waals surface area contributed by atoms with Crippen LogP contribution in [0, 0.1) is 5.92 Å². The maximum absolute atomic E-state index is 12.3. The maximum Gasteiger partial charge on any atom is 0.251 e. The summed E-state index contributed by atoms with van der Waals surface area (Å²) in [6.45, 7) is 5.42. The van der Waals surface area contributed by atoms with Gasteiger partial charge in [0.2, 0.25) is 0 Å². The summed E-state index contributed by atoms with van der Waals surface area (Å²) >= 11 is 0. The van der Waals surface area contributed by atoms with Crippen LogP contribution in [0.4, 0.5) is 0 Å². The van der Waals surface area contributed by atoms with Crippen LogP contribution < -0.4 is 10.6 Å². The molecule has 0 radical (unpaired) electrons. The molecule has 2 N–H and O–H groups in total. The van der Waals surface area contributed by atoms with Gasteiger partial charge in [-0.05, 0) is 48.7 Å². The molecular formula is C15H21ClN2O2. The predicted octanol–water partition coefficient (Wildman–Crippen LogP) is 1.87. The summed E-state index contributed by atoms with van der Waals surface area (Å²) in [6, 6.07) is 6.14. The number of rotatable bonds is 2. The molecule has 1 fully saturated rings. The van der Waals surface area contributed by atoms with Crippen LogP contribution in [-0.4, -0.2) is 25.0 Å². The molecule has 0 saturated carbocycles. The second-order valence-electron chi connectivity index (χ2n) is 5.53. The number of hydrogen-bond acceptors (Lipinski definition) is 3. The highest BCUT2D eigenvalue weighted by Crippen LogP contribution is 2.21. The molecule has 0 aliphatic carbocycles. The zero-order valence-electron chi connectivity index (χ0n) is 11.6. The lowest BCUT2D eigenvalue weighted by Gasteiger charge is -2.30. The average molecular weight is 297 g/mol. The molecular weight excluding hydrogens is 276 g/mol. The van der Waals surface area contributed by atoms with Crippen molar-refractivity contribution in [3.05, 3.63) is 34.9 Å². The highest BCUT2D eigenvalue weighted by Gasteiger charge is 2.23. The summed E-state index contributed by atoms with van der Waals surface area (Å²) < 4.78 is 5.38. The maximum atomic E-state index is 12.3. The Labute approximate surface area is 125 Å². The van der Waals surface area contributed by atoms with Gasteiger partial charge in [0.05, 0.1) is 13.2 Å². The van der Waals surface area contributed by atoms with E-state index in [4.69, 9.17) is 4.74 Å². The van der Waals surface area contributed by atoms with E-state index in [9.17, 15) is 4.79 Å². The first-order valence-corrected chi connectivity index (χ1v) is 6.95. The number of fused-ring (bicyclic) bond motifs is 1. The molecule has 1 aromatic rings. The lowest BCUT2D eigenvalue weighted by molar-refractivity contribution is 0.0914. The number of halogens is 1. The number of hydrogen-bond donors (Lipinski definition) is 2. The molecule has 5 heteroatoms. The van der Waals surface area contributed by atoms with Crippen LogP contribution in [0.3, 0.4) is 0 Å². The van der Waals surface area contributed by atoms with Gasteiger partial charge in [-0.15, -0.1) is 12.4 Å². The van der Waals surface area contributed by atoms with Gasteiger partial charge in [0.15, 0.2) is 0 Å². The van der Waals surface area contributed by atoms with Gasteiger partial charge in [0.25, 0.3) is 5.91 Å². The van der Waals surface area contributed by atoms with Gasteiger partial charge in [-0.1, -0.05) is 13.0 Å². The molecule has 1 amide bonds. The zero-order chi connectivity index (χ0) is 13.2. The van der Waals surface area contributed by atoms with E-state index >= 15 is 0 Å². The first-order valence-electron chi connectivity index (χ1n) is 6.95. The van der Waals surface area contributed by atoms with Crippen LogP contribution in [0.1, 0.15) is 34.8 Å². The lowest BCUT2D eigenvalue weighted by atomic mass is 9.95. The van der Waals surface area contributed by atoms with Crippen molar-refractivity contribution in [1.82, 2.24) is 10.6 Å². The third-order valence-corrected chi connectivity index (χ3v) is 4.09. The Balaban J connectivity index is 0.00000147. The number of nitrogens with one attached hydrogen (secondary N) is 2. The van der Waals surface area contributed by atoms with Gasteiger partial charge < -0.3 is 15.4 Å². The van der Waals surface area contributed by atoms with Crippen LogP contribution in [0.25, 0.3) is 0 Å². The van der Waals surface area contributed by atoms with Crippen LogP contribution in [-0.2, 0) is 18.0 Å². The van der Waals surface area contributed by atoms with Crippen molar-refractivity contribution in [3.8, 4) is 0 Å². The monoisotopic (exact) mass is 296 g/mol. The molecule has 2 unspecified atom stereocenters. The van der Waals surface area contributed by atoms with Gasteiger partial charge in [-0.2, -0.15) is 0 Å². The van der Waals surface area contributed by atoms with E-state index < -0.39 is 0 Å². The Kier molecular flexibility index (Phi) is 5.02. The fraction of sp³-hybridized carbons (Fsp3) is 0.533. The normalized spacial score (nSPS) is 24.6. The standard InChI is InChI=1S/C15H20N2O2.ClH/c1-10-7-16-5-4-14(10)17-15(18)11-2-3-12-8-19-9-13(12)6-11;/h2-3,6,10,14,16H,4-5,7-9H2,1H3,(H,17,18);1H. The molecule has 1 saturated heterocycles.